The molecule has 0 saturated carbocycles. The van der Waals surface area contributed by atoms with Gasteiger partial charge in [-0.05, 0) is 86.8 Å². The number of sulfonamides is 1. The SMILES string of the molecule is Cc1cccc(OCCN2C(=O)C(C)Oc3ccc(NC(=O)c4ccc(S(=O)(=O)N5CCCC5)cc4)cc32)c1. The second-order valence-electron chi connectivity index (χ2n) is 9.69. The lowest BCUT2D eigenvalue weighted by atomic mass is 10.1. The fourth-order valence-electron chi connectivity index (χ4n) is 4.73. The van der Waals surface area contributed by atoms with E-state index in [1.54, 1.807) is 30.0 Å². The zero-order valence-corrected chi connectivity index (χ0v) is 22.7. The van der Waals surface area contributed by atoms with Gasteiger partial charge in [0.15, 0.2) is 6.10 Å². The van der Waals surface area contributed by atoms with Gasteiger partial charge in [-0.2, -0.15) is 4.31 Å². The van der Waals surface area contributed by atoms with Gasteiger partial charge in [-0.3, -0.25) is 9.59 Å². The van der Waals surface area contributed by atoms with Crippen LogP contribution in [0.15, 0.2) is 71.6 Å². The second kappa shape index (κ2) is 11.1. The molecule has 1 fully saturated rings. The Hall–Kier alpha value is -3.89. The summed E-state index contributed by atoms with van der Waals surface area (Å²) in [6.45, 7) is 5.30. The van der Waals surface area contributed by atoms with Crippen molar-refractivity contribution < 1.29 is 27.5 Å². The first kappa shape index (κ1) is 26.7. The van der Waals surface area contributed by atoms with Crippen molar-refractivity contribution in [2.45, 2.75) is 37.7 Å². The molecule has 3 aromatic rings. The van der Waals surface area contributed by atoms with E-state index in [1.807, 2.05) is 31.2 Å². The van der Waals surface area contributed by atoms with Gasteiger partial charge < -0.3 is 19.7 Å². The normalized spacial score (nSPS) is 17.4. The molecular weight excluding hydrogens is 518 g/mol. The van der Waals surface area contributed by atoms with E-state index >= 15 is 0 Å². The number of carbonyl (C=O) groups is 2. The van der Waals surface area contributed by atoms with Crippen molar-refractivity contribution in [1.29, 1.82) is 0 Å². The maximum Gasteiger partial charge on any atom is 0.267 e. The molecule has 3 aromatic carbocycles. The minimum absolute atomic E-state index is 0.169. The number of aryl methyl sites for hydroxylation is 1. The molecule has 1 unspecified atom stereocenters. The second-order valence-corrected chi connectivity index (χ2v) is 11.6. The number of hydrogen-bond acceptors (Lipinski definition) is 6. The van der Waals surface area contributed by atoms with E-state index in [1.165, 1.54) is 28.6 Å². The number of carbonyl (C=O) groups excluding carboxylic acids is 2. The van der Waals surface area contributed by atoms with Crippen LogP contribution in [0.4, 0.5) is 11.4 Å². The zero-order valence-electron chi connectivity index (χ0n) is 21.9. The molecule has 5 rings (SSSR count). The van der Waals surface area contributed by atoms with Crippen LogP contribution in [0, 0.1) is 6.92 Å². The van der Waals surface area contributed by atoms with Crippen LogP contribution in [-0.2, 0) is 14.8 Å². The van der Waals surface area contributed by atoms with Gasteiger partial charge in [-0.25, -0.2) is 8.42 Å². The highest BCUT2D eigenvalue weighted by atomic mass is 32.2. The summed E-state index contributed by atoms with van der Waals surface area (Å²) >= 11 is 0. The smallest absolute Gasteiger partial charge is 0.267 e. The monoisotopic (exact) mass is 549 g/mol. The maximum absolute atomic E-state index is 13.0. The first-order valence-corrected chi connectivity index (χ1v) is 14.4. The van der Waals surface area contributed by atoms with Gasteiger partial charge >= 0.3 is 0 Å². The molecule has 1 N–H and O–H groups in total. The molecule has 2 heterocycles. The lowest BCUT2D eigenvalue weighted by molar-refractivity contribution is -0.125. The van der Waals surface area contributed by atoms with Gasteiger partial charge in [0.1, 0.15) is 18.1 Å². The molecule has 1 atom stereocenters. The Labute approximate surface area is 228 Å². The van der Waals surface area contributed by atoms with Gasteiger partial charge in [-0.1, -0.05) is 12.1 Å². The Morgan fingerprint density at radius 2 is 1.79 bits per heavy atom. The number of amides is 2. The van der Waals surface area contributed by atoms with Crippen LogP contribution >= 0.6 is 0 Å². The van der Waals surface area contributed by atoms with E-state index in [0.29, 0.717) is 42.3 Å². The third kappa shape index (κ3) is 5.76. The molecule has 0 aliphatic carbocycles. The summed E-state index contributed by atoms with van der Waals surface area (Å²) in [5.74, 6) is 0.663. The summed E-state index contributed by atoms with van der Waals surface area (Å²) in [6.07, 6.45) is 1.06. The van der Waals surface area contributed by atoms with Crippen LogP contribution in [0.2, 0.25) is 0 Å². The summed E-state index contributed by atoms with van der Waals surface area (Å²) in [5.41, 5.74) is 2.41. The number of ether oxygens (including phenoxy) is 2. The Bertz CT molecular complexity index is 1480. The van der Waals surface area contributed by atoms with Crippen molar-refractivity contribution in [3.63, 3.8) is 0 Å². The van der Waals surface area contributed by atoms with E-state index in [9.17, 15) is 18.0 Å². The van der Waals surface area contributed by atoms with Gasteiger partial charge in [0.05, 0.1) is 17.1 Å². The molecule has 2 aliphatic rings. The lowest BCUT2D eigenvalue weighted by Gasteiger charge is -2.33. The zero-order chi connectivity index (χ0) is 27.6. The Morgan fingerprint density at radius 3 is 2.51 bits per heavy atom. The number of nitrogens with one attached hydrogen (secondary N) is 1. The van der Waals surface area contributed by atoms with Crippen molar-refractivity contribution in [2.75, 3.05) is 36.5 Å². The van der Waals surface area contributed by atoms with Crippen molar-refractivity contribution in [3.05, 3.63) is 77.9 Å². The third-order valence-electron chi connectivity index (χ3n) is 6.82. The van der Waals surface area contributed by atoms with E-state index in [0.717, 1.165) is 24.2 Å². The molecule has 9 nitrogen and oxygen atoms in total. The molecular formula is C29H31N3O6S. The van der Waals surface area contributed by atoms with Gasteiger partial charge in [0.25, 0.3) is 11.8 Å². The predicted octanol–water partition coefficient (Wildman–Crippen LogP) is 4.22. The van der Waals surface area contributed by atoms with Crippen LogP contribution in [0.25, 0.3) is 0 Å². The Balaban J connectivity index is 1.29. The summed E-state index contributed by atoms with van der Waals surface area (Å²) in [6, 6.07) is 18.7. The number of nitrogens with zero attached hydrogens (tertiary/aromatic N) is 2. The van der Waals surface area contributed by atoms with Crippen molar-refractivity contribution >= 4 is 33.2 Å². The maximum atomic E-state index is 13.0. The van der Waals surface area contributed by atoms with Crippen LogP contribution in [0.1, 0.15) is 35.7 Å². The molecule has 0 radical (unpaired) electrons. The highest BCUT2D eigenvalue weighted by Crippen LogP contribution is 2.36. The summed E-state index contributed by atoms with van der Waals surface area (Å²) < 4.78 is 38.6. The highest BCUT2D eigenvalue weighted by molar-refractivity contribution is 7.89. The molecule has 2 amide bonds. The topological polar surface area (TPSA) is 105 Å². The van der Waals surface area contributed by atoms with E-state index in [2.05, 4.69) is 5.32 Å². The number of hydrogen-bond donors (Lipinski definition) is 1. The first-order chi connectivity index (χ1) is 18.7. The van der Waals surface area contributed by atoms with Gasteiger partial charge in [0.2, 0.25) is 10.0 Å². The van der Waals surface area contributed by atoms with Crippen molar-refractivity contribution in [1.82, 2.24) is 4.31 Å². The van der Waals surface area contributed by atoms with E-state index in [4.69, 9.17) is 9.47 Å². The molecule has 39 heavy (non-hydrogen) atoms. The molecule has 204 valence electrons. The average molecular weight is 550 g/mol. The van der Waals surface area contributed by atoms with Gasteiger partial charge in [0, 0.05) is 24.3 Å². The largest absolute Gasteiger partial charge is 0.492 e. The van der Waals surface area contributed by atoms with Crippen LogP contribution in [0.5, 0.6) is 11.5 Å². The lowest BCUT2D eigenvalue weighted by Crippen LogP contribution is -2.46. The van der Waals surface area contributed by atoms with Crippen LogP contribution in [0.3, 0.4) is 0 Å². The standard InChI is InChI=1S/C29H31N3O6S/c1-20-6-5-7-24(18-20)37-17-16-32-26-19-23(10-13-27(26)38-21(2)29(32)34)30-28(33)22-8-11-25(12-9-22)39(35,36)31-14-3-4-15-31/h5-13,18-19,21H,3-4,14-17H2,1-2H3,(H,30,33). The van der Waals surface area contributed by atoms with Crippen molar-refractivity contribution in [2.24, 2.45) is 0 Å². The van der Waals surface area contributed by atoms with Crippen molar-refractivity contribution in [3.8, 4) is 11.5 Å². The van der Waals surface area contributed by atoms with Gasteiger partial charge in [-0.15, -0.1) is 0 Å². The molecule has 10 heteroatoms. The fraction of sp³-hybridized carbons (Fsp3) is 0.310. The summed E-state index contributed by atoms with van der Waals surface area (Å²) in [4.78, 5) is 27.7. The minimum Gasteiger partial charge on any atom is -0.492 e. The number of rotatable bonds is 8. The number of benzene rings is 3. The quantitative estimate of drug-likeness (QED) is 0.451. The number of fused-ring (bicyclic) bond motifs is 1. The first-order valence-electron chi connectivity index (χ1n) is 13.0. The van der Waals surface area contributed by atoms with Crippen LogP contribution in [-0.4, -0.2) is 56.9 Å². The van der Waals surface area contributed by atoms with Crippen LogP contribution < -0.4 is 19.7 Å². The Morgan fingerprint density at radius 1 is 1.05 bits per heavy atom. The molecule has 2 aliphatic heterocycles. The fourth-order valence-corrected chi connectivity index (χ4v) is 6.25. The molecule has 1 saturated heterocycles. The number of anilines is 2. The summed E-state index contributed by atoms with van der Waals surface area (Å²) in [7, 11) is -3.55. The predicted molar refractivity (Wildman–Crippen MR) is 148 cm³/mol. The summed E-state index contributed by atoms with van der Waals surface area (Å²) in [5, 5.41) is 2.83. The average Bonchev–Trinajstić information content (AvgIpc) is 3.48. The Kier molecular flexibility index (Phi) is 7.58. The van der Waals surface area contributed by atoms with E-state index in [-0.39, 0.29) is 17.4 Å². The highest BCUT2D eigenvalue weighted by Gasteiger charge is 2.32. The molecule has 0 spiro atoms. The molecule has 0 bridgehead atoms. The third-order valence-corrected chi connectivity index (χ3v) is 8.73. The molecule has 0 aromatic heterocycles. The minimum atomic E-state index is -3.55. The van der Waals surface area contributed by atoms with E-state index < -0.39 is 22.0 Å².